The van der Waals surface area contributed by atoms with Gasteiger partial charge in [-0.25, -0.2) is 0 Å². The lowest BCUT2D eigenvalue weighted by Crippen LogP contribution is -2.44. The molecule has 0 bridgehead atoms. The van der Waals surface area contributed by atoms with Crippen molar-refractivity contribution in [3.63, 3.8) is 0 Å². The Labute approximate surface area is 234 Å². The van der Waals surface area contributed by atoms with Crippen LogP contribution in [0.2, 0.25) is 5.02 Å². The first kappa shape index (κ1) is 25.7. The van der Waals surface area contributed by atoms with Crippen molar-refractivity contribution in [2.45, 2.75) is 38.1 Å². The van der Waals surface area contributed by atoms with Gasteiger partial charge in [0.25, 0.3) is 11.8 Å². The number of nitrogens with zero attached hydrogens (tertiary/aromatic N) is 3. The van der Waals surface area contributed by atoms with Crippen molar-refractivity contribution in [1.82, 2.24) is 15.2 Å². The van der Waals surface area contributed by atoms with Crippen LogP contribution >= 0.6 is 11.6 Å². The predicted molar refractivity (Wildman–Crippen MR) is 152 cm³/mol. The average Bonchev–Trinajstić information content (AvgIpc) is 3.57. The van der Waals surface area contributed by atoms with Crippen molar-refractivity contribution >= 4 is 29.1 Å². The number of piperidine rings is 1. The summed E-state index contributed by atoms with van der Waals surface area (Å²) in [5.74, 6) is 0.455. The summed E-state index contributed by atoms with van der Waals surface area (Å²) >= 11 is 6.33. The summed E-state index contributed by atoms with van der Waals surface area (Å²) in [6.45, 7) is 3.64. The van der Waals surface area contributed by atoms with E-state index in [9.17, 15) is 9.59 Å². The number of anilines is 1. The zero-order valence-electron chi connectivity index (χ0n) is 22.2. The van der Waals surface area contributed by atoms with Gasteiger partial charge in [-0.3, -0.25) is 14.6 Å². The van der Waals surface area contributed by atoms with E-state index in [0.29, 0.717) is 21.9 Å². The molecule has 2 aromatic carbocycles. The second kappa shape index (κ2) is 10.5. The molecule has 6 rings (SSSR count). The molecule has 3 heterocycles. The number of benzene rings is 2. The number of nitrogens with one attached hydrogen (secondary N) is 1. The molecule has 2 saturated heterocycles. The van der Waals surface area contributed by atoms with Crippen molar-refractivity contribution < 1.29 is 14.3 Å². The molecule has 8 heteroatoms. The quantitative estimate of drug-likeness (QED) is 0.472. The van der Waals surface area contributed by atoms with Gasteiger partial charge < -0.3 is 19.9 Å². The van der Waals surface area contributed by atoms with E-state index in [1.54, 1.807) is 25.3 Å². The van der Waals surface area contributed by atoms with Gasteiger partial charge in [0.1, 0.15) is 5.75 Å². The SMILES string of the molecule is COc1ccc(C(=O)NC2CCc3ccc(C(=O)N4CCC5(CC4)CCN(c4ccncc4)C5)cc32)c(Cl)c1. The minimum Gasteiger partial charge on any atom is -0.497 e. The topological polar surface area (TPSA) is 74.8 Å². The molecule has 3 aliphatic rings. The smallest absolute Gasteiger partial charge is 0.253 e. The van der Waals surface area contributed by atoms with Crippen molar-refractivity contribution in [1.29, 1.82) is 0 Å². The second-order valence-corrected chi connectivity index (χ2v) is 11.4. The first-order chi connectivity index (χ1) is 18.9. The Hall–Kier alpha value is -3.58. The van der Waals surface area contributed by atoms with Crippen LogP contribution in [0.25, 0.3) is 0 Å². The maximum absolute atomic E-state index is 13.5. The highest BCUT2D eigenvalue weighted by Gasteiger charge is 2.41. The second-order valence-electron chi connectivity index (χ2n) is 11.0. The van der Waals surface area contributed by atoms with Crippen LogP contribution in [-0.4, -0.2) is 55.0 Å². The highest BCUT2D eigenvalue weighted by Crippen LogP contribution is 2.42. The van der Waals surface area contributed by atoms with Gasteiger partial charge in [0, 0.05) is 49.8 Å². The molecule has 1 spiro atoms. The number of pyridine rings is 1. The molecule has 7 nitrogen and oxygen atoms in total. The predicted octanol–water partition coefficient (Wildman–Crippen LogP) is 5.29. The summed E-state index contributed by atoms with van der Waals surface area (Å²) in [5.41, 5.74) is 4.81. The first-order valence-corrected chi connectivity index (χ1v) is 14.0. The Kier molecular flexibility index (Phi) is 6.94. The summed E-state index contributed by atoms with van der Waals surface area (Å²) in [7, 11) is 1.56. The van der Waals surface area contributed by atoms with Gasteiger partial charge in [0.05, 0.1) is 23.7 Å². The van der Waals surface area contributed by atoms with Crippen molar-refractivity contribution in [2.24, 2.45) is 5.41 Å². The van der Waals surface area contributed by atoms with Crippen LogP contribution < -0.4 is 15.0 Å². The number of likely N-dealkylation sites (tertiary alicyclic amines) is 1. The minimum absolute atomic E-state index is 0.0758. The lowest BCUT2D eigenvalue weighted by molar-refractivity contribution is 0.0610. The normalized spacial score (nSPS) is 19.7. The van der Waals surface area contributed by atoms with Gasteiger partial charge in [-0.15, -0.1) is 0 Å². The Balaban J connectivity index is 1.10. The zero-order valence-corrected chi connectivity index (χ0v) is 22.9. The Morgan fingerprint density at radius 1 is 1.03 bits per heavy atom. The van der Waals surface area contributed by atoms with E-state index in [0.717, 1.165) is 63.8 Å². The number of carbonyl (C=O) groups excluding carboxylic acids is 2. The molecule has 2 aliphatic heterocycles. The van der Waals surface area contributed by atoms with Gasteiger partial charge in [0.15, 0.2) is 0 Å². The molecule has 39 heavy (non-hydrogen) atoms. The van der Waals surface area contributed by atoms with Gasteiger partial charge in [-0.1, -0.05) is 17.7 Å². The molecule has 2 fully saturated rings. The Bertz CT molecular complexity index is 1390. The van der Waals surface area contributed by atoms with Crippen molar-refractivity contribution in [3.05, 3.63) is 88.2 Å². The van der Waals surface area contributed by atoms with Crippen LogP contribution in [0, 0.1) is 5.41 Å². The Morgan fingerprint density at radius 2 is 1.79 bits per heavy atom. The summed E-state index contributed by atoms with van der Waals surface area (Å²) < 4.78 is 5.19. The van der Waals surface area contributed by atoms with Crippen LogP contribution in [0.5, 0.6) is 5.75 Å². The minimum atomic E-state index is -0.226. The number of methoxy groups -OCH3 is 1. The van der Waals surface area contributed by atoms with Crippen LogP contribution in [0.4, 0.5) is 5.69 Å². The third-order valence-electron chi connectivity index (χ3n) is 8.77. The molecule has 0 saturated carbocycles. The molecule has 1 aliphatic carbocycles. The maximum atomic E-state index is 13.5. The molecular formula is C31H33ClN4O3. The average molecular weight is 545 g/mol. The van der Waals surface area contributed by atoms with Gasteiger partial charge in [-0.2, -0.15) is 0 Å². The van der Waals surface area contributed by atoms with E-state index < -0.39 is 0 Å². The number of aryl methyl sites for hydroxylation is 1. The van der Waals surface area contributed by atoms with E-state index >= 15 is 0 Å². The van der Waals surface area contributed by atoms with Crippen LogP contribution in [0.3, 0.4) is 0 Å². The Morgan fingerprint density at radius 3 is 2.54 bits per heavy atom. The van der Waals surface area contributed by atoms with E-state index in [-0.39, 0.29) is 23.3 Å². The summed E-state index contributed by atoms with van der Waals surface area (Å²) in [4.78, 5) is 35.1. The van der Waals surface area contributed by atoms with E-state index in [1.807, 2.05) is 35.5 Å². The lowest BCUT2D eigenvalue weighted by atomic mass is 9.77. The number of amides is 2. The summed E-state index contributed by atoms with van der Waals surface area (Å²) in [6.07, 6.45) is 8.57. The number of hydrogen-bond acceptors (Lipinski definition) is 5. The lowest BCUT2D eigenvalue weighted by Gasteiger charge is -2.39. The number of rotatable bonds is 5. The standard InChI is InChI=1S/C31H33ClN4O3/c1-39-24-5-6-25(27(32)19-24)29(37)34-28-7-4-21-2-3-22(18-26(21)28)30(38)35-15-10-31(11-16-35)12-17-36(20-31)23-8-13-33-14-9-23/h2-3,5-6,8-9,13-14,18-19,28H,4,7,10-12,15-17,20H2,1H3,(H,34,37). The molecule has 1 N–H and O–H groups in total. The van der Waals surface area contributed by atoms with Gasteiger partial charge in [0.2, 0.25) is 0 Å². The summed E-state index contributed by atoms with van der Waals surface area (Å²) in [6, 6.07) is 15.0. The van der Waals surface area contributed by atoms with E-state index in [1.165, 1.54) is 11.3 Å². The first-order valence-electron chi connectivity index (χ1n) is 13.7. The van der Waals surface area contributed by atoms with Crippen LogP contribution in [-0.2, 0) is 6.42 Å². The molecule has 1 atom stereocenters. The van der Waals surface area contributed by atoms with Gasteiger partial charge in [-0.05, 0) is 91.1 Å². The monoisotopic (exact) mass is 544 g/mol. The highest BCUT2D eigenvalue weighted by atomic mass is 35.5. The molecule has 3 aromatic rings. The largest absolute Gasteiger partial charge is 0.497 e. The number of halogens is 1. The fourth-order valence-electron chi connectivity index (χ4n) is 6.41. The van der Waals surface area contributed by atoms with Crippen molar-refractivity contribution in [2.75, 3.05) is 38.2 Å². The van der Waals surface area contributed by atoms with E-state index in [4.69, 9.17) is 16.3 Å². The molecule has 202 valence electrons. The summed E-state index contributed by atoms with van der Waals surface area (Å²) in [5, 5.41) is 3.48. The van der Waals surface area contributed by atoms with Crippen LogP contribution in [0.1, 0.15) is 63.6 Å². The molecule has 1 unspecified atom stereocenters. The molecule has 1 aromatic heterocycles. The maximum Gasteiger partial charge on any atom is 0.253 e. The fraction of sp³-hybridized carbons (Fsp3) is 0.387. The number of ether oxygens (including phenoxy) is 1. The van der Waals surface area contributed by atoms with Crippen molar-refractivity contribution in [3.8, 4) is 5.75 Å². The number of hydrogen-bond donors (Lipinski definition) is 1. The highest BCUT2D eigenvalue weighted by molar-refractivity contribution is 6.34. The molecule has 2 amide bonds. The fourth-order valence-corrected chi connectivity index (χ4v) is 6.67. The number of fused-ring (bicyclic) bond motifs is 1. The zero-order chi connectivity index (χ0) is 27.0. The third kappa shape index (κ3) is 5.08. The number of carbonyl (C=O) groups is 2. The van der Waals surface area contributed by atoms with E-state index in [2.05, 4.69) is 27.3 Å². The molecular weight excluding hydrogens is 512 g/mol. The van der Waals surface area contributed by atoms with Gasteiger partial charge >= 0.3 is 0 Å². The third-order valence-corrected chi connectivity index (χ3v) is 9.09. The molecule has 0 radical (unpaired) electrons. The number of aromatic nitrogens is 1. The van der Waals surface area contributed by atoms with Crippen LogP contribution in [0.15, 0.2) is 60.9 Å².